The summed E-state index contributed by atoms with van der Waals surface area (Å²) in [5.74, 6) is 1.71. The maximum absolute atomic E-state index is 5.96. The van der Waals surface area contributed by atoms with Crippen LogP contribution in [-0.4, -0.2) is 7.11 Å². The molecule has 0 bridgehead atoms. The predicted molar refractivity (Wildman–Crippen MR) is 81.1 cm³/mol. The van der Waals surface area contributed by atoms with Crippen molar-refractivity contribution < 1.29 is 4.74 Å². The number of thioether (sulfide) groups is 1. The molecule has 2 aromatic carbocycles. The Bertz CT molecular complexity index is 545. The van der Waals surface area contributed by atoms with Crippen LogP contribution >= 0.6 is 27.7 Å². The largest absolute Gasteiger partial charge is 0.497 e. The van der Waals surface area contributed by atoms with Gasteiger partial charge in [0.25, 0.3) is 0 Å². The van der Waals surface area contributed by atoms with E-state index in [-0.39, 0.29) is 0 Å². The van der Waals surface area contributed by atoms with Crippen molar-refractivity contribution in [3.63, 3.8) is 0 Å². The van der Waals surface area contributed by atoms with Gasteiger partial charge in [0.2, 0.25) is 0 Å². The maximum atomic E-state index is 5.96. The standard InChI is InChI=1S/C14H14BrNOS/c1-17-11-6-7-13(16)14(8-11)18-9-10-4-2-3-5-12(10)15/h2-8H,9,16H2,1H3. The number of benzene rings is 2. The van der Waals surface area contributed by atoms with Crippen molar-refractivity contribution in [3.8, 4) is 5.75 Å². The molecule has 2 N–H and O–H groups in total. The molecule has 0 radical (unpaired) electrons. The second-order valence-corrected chi connectivity index (χ2v) is 5.66. The molecule has 0 saturated carbocycles. The Morgan fingerprint density at radius 1 is 1.22 bits per heavy atom. The van der Waals surface area contributed by atoms with Crippen LogP contribution in [0.25, 0.3) is 0 Å². The topological polar surface area (TPSA) is 35.2 Å². The van der Waals surface area contributed by atoms with Crippen LogP contribution in [0.3, 0.4) is 0 Å². The molecule has 0 fully saturated rings. The zero-order valence-electron chi connectivity index (χ0n) is 10.0. The van der Waals surface area contributed by atoms with Crippen LogP contribution in [0.1, 0.15) is 5.56 Å². The summed E-state index contributed by atoms with van der Waals surface area (Å²) in [5, 5.41) is 0. The summed E-state index contributed by atoms with van der Waals surface area (Å²) < 4.78 is 6.33. The maximum Gasteiger partial charge on any atom is 0.120 e. The molecular formula is C14H14BrNOS. The molecule has 0 aliphatic rings. The molecule has 0 aliphatic heterocycles. The van der Waals surface area contributed by atoms with Crippen molar-refractivity contribution in [2.45, 2.75) is 10.6 Å². The van der Waals surface area contributed by atoms with E-state index >= 15 is 0 Å². The normalized spacial score (nSPS) is 10.3. The van der Waals surface area contributed by atoms with Crippen LogP contribution in [0.4, 0.5) is 5.69 Å². The number of hydrogen-bond donors (Lipinski definition) is 1. The van der Waals surface area contributed by atoms with Crippen LogP contribution in [-0.2, 0) is 5.75 Å². The molecule has 2 aromatic rings. The second-order valence-electron chi connectivity index (χ2n) is 3.78. The Hall–Kier alpha value is -1.13. The third kappa shape index (κ3) is 3.21. The molecule has 4 heteroatoms. The van der Waals surface area contributed by atoms with Gasteiger partial charge in [0.15, 0.2) is 0 Å². The van der Waals surface area contributed by atoms with E-state index in [1.807, 2.05) is 36.4 Å². The Kier molecular flexibility index (Phi) is 4.55. The number of nitrogens with two attached hydrogens (primary N) is 1. The third-order valence-corrected chi connectivity index (χ3v) is 4.46. The van der Waals surface area contributed by atoms with Crippen molar-refractivity contribution >= 4 is 33.4 Å². The lowest BCUT2D eigenvalue weighted by Crippen LogP contribution is -1.91. The smallest absolute Gasteiger partial charge is 0.120 e. The third-order valence-electron chi connectivity index (χ3n) is 2.56. The summed E-state index contributed by atoms with van der Waals surface area (Å²) in [4.78, 5) is 1.05. The molecule has 0 saturated heterocycles. The zero-order chi connectivity index (χ0) is 13.0. The van der Waals surface area contributed by atoms with Gasteiger partial charge in [0.05, 0.1) is 7.11 Å². The molecule has 94 valence electrons. The molecular weight excluding hydrogens is 310 g/mol. The molecule has 2 rings (SSSR count). The highest BCUT2D eigenvalue weighted by Crippen LogP contribution is 2.32. The van der Waals surface area contributed by atoms with Gasteiger partial charge < -0.3 is 10.5 Å². The number of methoxy groups -OCH3 is 1. The van der Waals surface area contributed by atoms with Gasteiger partial charge in [-0.1, -0.05) is 34.1 Å². The van der Waals surface area contributed by atoms with Crippen molar-refractivity contribution in [2.75, 3.05) is 12.8 Å². The Morgan fingerprint density at radius 2 is 2.00 bits per heavy atom. The van der Waals surface area contributed by atoms with Gasteiger partial charge in [-0.2, -0.15) is 0 Å². The fourth-order valence-electron chi connectivity index (χ4n) is 1.54. The van der Waals surface area contributed by atoms with E-state index in [1.165, 1.54) is 5.56 Å². The first-order valence-electron chi connectivity index (χ1n) is 5.50. The number of ether oxygens (including phenoxy) is 1. The summed E-state index contributed by atoms with van der Waals surface area (Å²) >= 11 is 5.26. The molecule has 0 atom stereocenters. The van der Waals surface area contributed by atoms with Gasteiger partial charge >= 0.3 is 0 Å². The van der Waals surface area contributed by atoms with E-state index in [2.05, 4.69) is 22.0 Å². The van der Waals surface area contributed by atoms with Crippen molar-refractivity contribution in [1.82, 2.24) is 0 Å². The summed E-state index contributed by atoms with van der Waals surface area (Å²) in [6.45, 7) is 0. The molecule has 0 aliphatic carbocycles. The lowest BCUT2D eigenvalue weighted by molar-refractivity contribution is 0.414. The second kappa shape index (κ2) is 6.16. The van der Waals surface area contributed by atoms with Crippen LogP contribution < -0.4 is 10.5 Å². The number of hydrogen-bond acceptors (Lipinski definition) is 3. The number of anilines is 1. The average Bonchev–Trinajstić information content (AvgIpc) is 2.39. The minimum absolute atomic E-state index is 0.785. The van der Waals surface area contributed by atoms with Gasteiger partial charge in [-0.15, -0.1) is 11.8 Å². The molecule has 0 aromatic heterocycles. The Labute approximate surface area is 120 Å². The quantitative estimate of drug-likeness (QED) is 0.671. The average molecular weight is 324 g/mol. The molecule has 2 nitrogen and oxygen atoms in total. The van der Waals surface area contributed by atoms with E-state index in [0.717, 1.165) is 26.6 Å². The van der Waals surface area contributed by atoms with Gasteiger partial charge in [-0.25, -0.2) is 0 Å². The Morgan fingerprint density at radius 3 is 2.72 bits per heavy atom. The van der Waals surface area contributed by atoms with Gasteiger partial charge in [0, 0.05) is 20.8 Å². The van der Waals surface area contributed by atoms with Gasteiger partial charge in [0.1, 0.15) is 5.75 Å². The fourth-order valence-corrected chi connectivity index (χ4v) is 3.15. The molecule has 0 unspecified atom stereocenters. The zero-order valence-corrected chi connectivity index (χ0v) is 12.4. The van der Waals surface area contributed by atoms with Crippen molar-refractivity contribution in [3.05, 3.63) is 52.5 Å². The van der Waals surface area contributed by atoms with E-state index in [4.69, 9.17) is 10.5 Å². The van der Waals surface area contributed by atoms with Gasteiger partial charge in [-0.3, -0.25) is 0 Å². The first-order chi connectivity index (χ1) is 8.70. The van der Waals surface area contributed by atoms with Crippen LogP contribution in [0.5, 0.6) is 5.75 Å². The summed E-state index contributed by atoms with van der Waals surface area (Å²) in [6.07, 6.45) is 0. The van der Waals surface area contributed by atoms with E-state index in [0.29, 0.717) is 0 Å². The van der Waals surface area contributed by atoms with Crippen LogP contribution in [0.15, 0.2) is 51.8 Å². The monoisotopic (exact) mass is 323 g/mol. The summed E-state index contributed by atoms with van der Waals surface area (Å²) in [5.41, 5.74) is 8.00. The first kappa shape index (κ1) is 13.3. The highest BCUT2D eigenvalue weighted by molar-refractivity contribution is 9.10. The van der Waals surface area contributed by atoms with Crippen molar-refractivity contribution in [2.24, 2.45) is 0 Å². The summed E-state index contributed by atoms with van der Waals surface area (Å²) in [7, 11) is 1.66. The number of rotatable bonds is 4. The first-order valence-corrected chi connectivity index (χ1v) is 7.28. The van der Waals surface area contributed by atoms with E-state index in [9.17, 15) is 0 Å². The lowest BCUT2D eigenvalue weighted by Gasteiger charge is -2.08. The molecule has 0 amide bonds. The minimum Gasteiger partial charge on any atom is -0.497 e. The number of nitrogen functional groups attached to an aromatic ring is 1. The summed E-state index contributed by atoms with van der Waals surface area (Å²) in [6, 6.07) is 13.9. The van der Waals surface area contributed by atoms with E-state index < -0.39 is 0 Å². The van der Waals surface area contributed by atoms with Gasteiger partial charge in [-0.05, 0) is 29.8 Å². The predicted octanol–water partition coefficient (Wildman–Crippen LogP) is 4.33. The number of halogens is 1. The Balaban J connectivity index is 2.13. The minimum atomic E-state index is 0.785. The lowest BCUT2D eigenvalue weighted by atomic mass is 10.2. The highest BCUT2D eigenvalue weighted by Gasteiger charge is 2.04. The SMILES string of the molecule is COc1ccc(N)c(SCc2ccccc2Br)c1. The van der Waals surface area contributed by atoms with Crippen molar-refractivity contribution in [1.29, 1.82) is 0 Å². The fraction of sp³-hybridized carbons (Fsp3) is 0.143. The molecule has 0 spiro atoms. The van der Waals surface area contributed by atoms with Crippen LogP contribution in [0, 0.1) is 0 Å². The highest BCUT2D eigenvalue weighted by atomic mass is 79.9. The van der Waals surface area contributed by atoms with E-state index in [1.54, 1.807) is 18.9 Å². The molecule has 18 heavy (non-hydrogen) atoms. The van der Waals surface area contributed by atoms with Crippen LogP contribution in [0.2, 0.25) is 0 Å². The molecule has 0 heterocycles.